The molecule has 0 saturated carbocycles. The zero-order chi connectivity index (χ0) is 20.7. The van der Waals surface area contributed by atoms with Gasteiger partial charge in [0.15, 0.2) is 11.5 Å². The van der Waals surface area contributed by atoms with Crippen molar-refractivity contribution in [1.82, 2.24) is 19.6 Å². The van der Waals surface area contributed by atoms with E-state index in [1.807, 2.05) is 25.2 Å². The minimum Gasteiger partial charge on any atom is -0.490 e. The van der Waals surface area contributed by atoms with Crippen molar-refractivity contribution in [2.24, 2.45) is 7.05 Å². The molecule has 0 aliphatic rings. The van der Waals surface area contributed by atoms with Crippen LogP contribution in [-0.4, -0.2) is 59.3 Å². The number of rotatable bonds is 10. The Morgan fingerprint density at radius 2 is 1.96 bits per heavy atom. The van der Waals surface area contributed by atoms with Gasteiger partial charge < -0.3 is 14.4 Å². The molecule has 0 bridgehead atoms. The first-order valence-electron chi connectivity index (χ1n) is 8.89. The molecule has 1 amide bonds. The van der Waals surface area contributed by atoms with E-state index in [0.717, 1.165) is 11.1 Å². The maximum atomic E-state index is 12.5. The number of aromatic nitrogens is 2. The number of nitrogens with zero attached hydrogens (tertiary/aromatic N) is 4. The Hall–Kier alpha value is -2.68. The number of hydrogen-bond donors (Lipinski definition) is 0. The number of hydrogen-bond acceptors (Lipinski definition) is 5. The number of carbonyl (C=O) groups is 1. The van der Waals surface area contributed by atoms with Crippen molar-refractivity contribution in [2.75, 3.05) is 27.2 Å². The Labute approximate surface area is 163 Å². The highest BCUT2D eigenvalue weighted by Gasteiger charge is 2.15. The van der Waals surface area contributed by atoms with Gasteiger partial charge in [-0.05, 0) is 31.7 Å². The highest BCUT2D eigenvalue weighted by molar-refractivity contribution is 5.77. The molecule has 0 radical (unpaired) electrons. The fraction of sp³-hybridized carbons (Fsp3) is 0.474. The number of likely N-dealkylation sites (N-methyl/N-ethyl adjacent to an activating group) is 2. The van der Waals surface area contributed by atoms with Gasteiger partial charge in [0.2, 0.25) is 5.91 Å². The average molecular weight is 396 g/mol. The first kappa shape index (κ1) is 21.6. The highest BCUT2D eigenvalue weighted by Crippen LogP contribution is 2.30. The Kier molecular flexibility index (Phi) is 7.74. The van der Waals surface area contributed by atoms with Gasteiger partial charge in [-0.15, -0.1) is 0 Å². The molecule has 1 aromatic heterocycles. The second-order valence-corrected chi connectivity index (χ2v) is 6.54. The van der Waals surface area contributed by atoms with Gasteiger partial charge >= 0.3 is 6.61 Å². The molecule has 0 N–H and O–H groups in total. The van der Waals surface area contributed by atoms with Crippen LogP contribution in [0.3, 0.4) is 0 Å². The molecule has 0 spiro atoms. The van der Waals surface area contributed by atoms with Crippen LogP contribution in [-0.2, 0) is 24.9 Å². The summed E-state index contributed by atoms with van der Waals surface area (Å²) in [4.78, 5) is 15.9. The number of amides is 1. The lowest BCUT2D eigenvalue weighted by Gasteiger charge is -2.22. The van der Waals surface area contributed by atoms with Gasteiger partial charge in [0.25, 0.3) is 0 Å². The maximum absolute atomic E-state index is 12.5. The molecule has 0 unspecified atom stereocenters. The van der Waals surface area contributed by atoms with Gasteiger partial charge in [0, 0.05) is 38.9 Å². The van der Waals surface area contributed by atoms with Crippen molar-refractivity contribution >= 4 is 5.91 Å². The molecule has 28 heavy (non-hydrogen) atoms. The van der Waals surface area contributed by atoms with Crippen molar-refractivity contribution in [2.45, 2.75) is 26.6 Å². The summed E-state index contributed by atoms with van der Waals surface area (Å²) in [5, 5.41) is 4.09. The lowest BCUT2D eigenvalue weighted by atomic mass is 10.2. The standard InChI is InChI=1S/C19H26F2N4O3/c1-5-27-17-8-14(6-7-16(17)28-19(20)21)10-23(2)13-18(26)24(3)11-15-9-22-25(4)12-15/h6-9,12,19H,5,10-11,13H2,1-4H3. The molecule has 1 aromatic carbocycles. The fourth-order valence-corrected chi connectivity index (χ4v) is 2.75. The van der Waals surface area contributed by atoms with Crippen LogP contribution < -0.4 is 9.47 Å². The third-order valence-corrected chi connectivity index (χ3v) is 3.99. The molecule has 9 heteroatoms. The van der Waals surface area contributed by atoms with E-state index in [1.165, 1.54) is 6.07 Å². The van der Waals surface area contributed by atoms with Crippen molar-refractivity contribution in [3.63, 3.8) is 0 Å². The normalized spacial score (nSPS) is 11.1. The van der Waals surface area contributed by atoms with Crippen molar-refractivity contribution in [3.8, 4) is 11.5 Å². The average Bonchev–Trinajstić information content (AvgIpc) is 3.01. The SMILES string of the molecule is CCOc1cc(CN(C)CC(=O)N(C)Cc2cnn(C)c2)ccc1OC(F)F. The second kappa shape index (κ2) is 10.0. The molecular formula is C19H26F2N4O3. The van der Waals surface area contributed by atoms with Crippen LogP contribution in [0, 0.1) is 0 Å². The highest BCUT2D eigenvalue weighted by atomic mass is 19.3. The summed E-state index contributed by atoms with van der Waals surface area (Å²) < 4.78 is 36.5. The zero-order valence-corrected chi connectivity index (χ0v) is 16.6. The number of benzene rings is 1. The predicted octanol–water partition coefficient (Wildman–Crippen LogP) is 2.51. The zero-order valence-electron chi connectivity index (χ0n) is 16.6. The first-order chi connectivity index (χ1) is 13.3. The topological polar surface area (TPSA) is 59.8 Å². The fourth-order valence-electron chi connectivity index (χ4n) is 2.75. The van der Waals surface area contributed by atoms with Gasteiger partial charge in [-0.1, -0.05) is 6.07 Å². The molecule has 2 aromatic rings. The van der Waals surface area contributed by atoms with Gasteiger partial charge in [0.05, 0.1) is 19.3 Å². The summed E-state index contributed by atoms with van der Waals surface area (Å²) in [6.45, 7) is 0.338. The third-order valence-electron chi connectivity index (χ3n) is 3.99. The summed E-state index contributed by atoms with van der Waals surface area (Å²) >= 11 is 0. The number of halogens is 2. The summed E-state index contributed by atoms with van der Waals surface area (Å²) in [6.07, 6.45) is 3.59. The van der Waals surface area contributed by atoms with Gasteiger partial charge in [-0.3, -0.25) is 14.4 Å². The monoisotopic (exact) mass is 396 g/mol. The molecule has 7 nitrogen and oxygen atoms in total. The van der Waals surface area contributed by atoms with Crippen LogP contribution in [0.4, 0.5) is 8.78 Å². The maximum Gasteiger partial charge on any atom is 0.387 e. The Bertz CT molecular complexity index is 782. The van der Waals surface area contributed by atoms with Crippen molar-refractivity contribution in [3.05, 3.63) is 41.7 Å². The quantitative estimate of drug-likeness (QED) is 0.618. The van der Waals surface area contributed by atoms with E-state index in [-0.39, 0.29) is 24.0 Å². The molecule has 154 valence electrons. The second-order valence-electron chi connectivity index (χ2n) is 6.54. The number of alkyl halides is 2. The van der Waals surface area contributed by atoms with E-state index in [1.54, 1.807) is 41.9 Å². The molecular weight excluding hydrogens is 370 g/mol. The van der Waals surface area contributed by atoms with Gasteiger partial charge in [-0.2, -0.15) is 13.9 Å². The molecule has 0 saturated heterocycles. The lowest BCUT2D eigenvalue weighted by Crippen LogP contribution is -2.36. The van der Waals surface area contributed by atoms with E-state index in [0.29, 0.717) is 19.7 Å². The predicted molar refractivity (Wildman–Crippen MR) is 100 cm³/mol. The summed E-state index contributed by atoms with van der Waals surface area (Å²) in [5.41, 5.74) is 1.78. The Balaban J connectivity index is 1.94. The van der Waals surface area contributed by atoms with E-state index >= 15 is 0 Å². The number of ether oxygens (including phenoxy) is 2. The smallest absolute Gasteiger partial charge is 0.387 e. The lowest BCUT2D eigenvalue weighted by molar-refractivity contribution is -0.131. The molecule has 1 heterocycles. The Morgan fingerprint density at radius 3 is 2.57 bits per heavy atom. The largest absolute Gasteiger partial charge is 0.490 e. The minimum absolute atomic E-state index is 0.00414. The van der Waals surface area contributed by atoms with Crippen LogP contribution in [0.1, 0.15) is 18.1 Å². The van der Waals surface area contributed by atoms with E-state index in [9.17, 15) is 13.6 Å². The van der Waals surface area contributed by atoms with Gasteiger partial charge in [-0.25, -0.2) is 0 Å². The van der Waals surface area contributed by atoms with Gasteiger partial charge in [0.1, 0.15) is 0 Å². The minimum atomic E-state index is -2.92. The molecule has 0 atom stereocenters. The van der Waals surface area contributed by atoms with Crippen LogP contribution >= 0.6 is 0 Å². The number of carbonyl (C=O) groups excluding carboxylic acids is 1. The van der Waals surface area contributed by atoms with Crippen molar-refractivity contribution in [1.29, 1.82) is 0 Å². The molecule has 2 rings (SSSR count). The van der Waals surface area contributed by atoms with Crippen molar-refractivity contribution < 1.29 is 23.0 Å². The van der Waals surface area contributed by atoms with Crippen LogP contribution in [0.5, 0.6) is 11.5 Å². The van der Waals surface area contributed by atoms with E-state index in [4.69, 9.17) is 4.74 Å². The molecule has 0 aliphatic carbocycles. The summed E-state index contributed by atoms with van der Waals surface area (Å²) in [6, 6.07) is 4.79. The van der Waals surface area contributed by atoms with Crippen LogP contribution in [0.15, 0.2) is 30.6 Å². The summed E-state index contributed by atoms with van der Waals surface area (Å²) in [7, 11) is 5.39. The number of aryl methyl sites for hydroxylation is 1. The first-order valence-corrected chi connectivity index (χ1v) is 8.89. The Morgan fingerprint density at radius 1 is 1.21 bits per heavy atom. The molecule has 0 aliphatic heterocycles. The van der Waals surface area contributed by atoms with Crippen LogP contribution in [0.2, 0.25) is 0 Å². The third kappa shape index (κ3) is 6.49. The van der Waals surface area contributed by atoms with Crippen LogP contribution in [0.25, 0.3) is 0 Å². The van der Waals surface area contributed by atoms with E-state index in [2.05, 4.69) is 9.84 Å². The van der Waals surface area contributed by atoms with E-state index < -0.39 is 6.61 Å². The molecule has 0 fully saturated rings. The summed E-state index contributed by atoms with van der Waals surface area (Å²) in [5.74, 6) is 0.221.